The van der Waals surface area contributed by atoms with Crippen molar-refractivity contribution in [1.82, 2.24) is 10.2 Å². The monoisotopic (exact) mass is 422 g/mol. The van der Waals surface area contributed by atoms with Gasteiger partial charge in [0, 0.05) is 22.7 Å². The van der Waals surface area contributed by atoms with E-state index in [-0.39, 0.29) is 11.3 Å². The van der Waals surface area contributed by atoms with Crippen LogP contribution in [-0.2, 0) is 30.7 Å². The Morgan fingerprint density at radius 2 is 1.97 bits per heavy atom. The summed E-state index contributed by atoms with van der Waals surface area (Å²) in [7, 11) is 2.19. The number of likely N-dealkylation sites (tertiary alicyclic amines) is 1. The van der Waals surface area contributed by atoms with Gasteiger partial charge in [0.1, 0.15) is 5.84 Å². The molecule has 2 aromatic carbocycles. The lowest BCUT2D eigenvalue weighted by Crippen LogP contribution is -2.49. The first kappa shape index (κ1) is 19.6. The molecule has 6 heteroatoms. The number of piperidine rings is 1. The van der Waals surface area contributed by atoms with Gasteiger partial charge < -0.3 is 15.5 Å². The second kappa shape index (κ2) is 7.71. The molecular formula is C24H27ClN4O. The van der Waals surface area contributed by atoms with E-state index in [1.165, 1.54) is 16.7 Å². The maximum absolute atomic E-state index is 11.9. The fraction of sp³-hybridized carbons (Fsp3) is 0.417. The zero-order valence-corrected chi connectivity index (χ0v) is 18.1. The Bertz CT molecular complexity index is 1020. The average Bonchev–Trinajstić information content (AvgIpc) is 2.73. The smallest absolute Gasteiger partial charge is 0.224 e. The molecule has 3 heterocycles. The summed E-state index contributed by atoms with van der Waals surface area (Å²) in [6.07, 6.45) is 3.63. The van der Waals surface area contributed by atoms with E-state index in [0.717, 1.165) is 54.5 Å². The van der Waals surface area contributed by atoms with Gasteiger partial charge in [0.25, 0.3) is 0 Å². The number of nitrogens with one attached hydrogen (secondary N) is 2. The van der Waals surface area contributed by atoms with Crippen molar-refractivity contribution in [3.63, 3.8) is 0 Å². The maximum Gasteiger partial charge on any atom is 0.224 e. The number of hydrogen-bond acceptors (Lipinski definition) is 3. The molecule has 1 saturated heterocycles. The summed E-state index contributed by atoms with van der Waals surface area (Å²) < 4.78 is 0. The summed E-state index contributed by atoms with van der Waals surface area (Å²) >= 11 is 6.17. The number of carbonyl (C=O) groups is 1. The lowest BCUT2D eigenvalue weighted by atomic mass is 9.70. The van der Waals surface area contributed by atoms with E-state index in [4.69, 9.17) is 16.6 Å². The van der Waals surface area contributed by atoms with E-state index in [1.54, 1.807) is 0 Å². The first-order chi connectivity index (χ1) is 14.5. The van der Waals surface area contributed by atoms with Crippen molar-refractivity contribution >= 4 is 29.0 Å². The van der Waals surface area contributed by atoms with Gasteiger partial charge in [0.2, 0.25) is 5.91 Å². The van der Waals surface area contributed by atoms with Gasteiger partial charge in [-0.15, -0.1) is 0 Å². The Labute approximate surface area is 182 Å². The number of rotatable bonds is 2. The van der Waals surface area contributed by atoms with Crippen LogP contribution in [0, 0.1) is 5.41 Å². The van der Waals surface area contributed by atoms with Crippen molar-refractivity contribution < 1.29 is 4.79 Å². The zero-order chi connectivity index (χ0) is 20.7. The normalized spacial score (nSPS) is 21.7. The number of amidine groups is 1. The van der Waals surface area contributed by atoms with Crippen LogP contribution in [0.15, 0.2) is 41.4 Å². The number of anilines is 1. The molecule has 1 spiro atoms. The molecule has 0 radical (unpaired) electrons. The van der Waals surface area contributed by atoms with Crippen molar-refractivity contribution in [2.45, 2.75) is 38.8 Å². The Hall–Kier alpha value is -2.37. The largest absolute Gasteiger partial charge is 0.352 e. The SMILES string of the molecule is CN1CCC2(CC1)Cc1cc3c(cc1NC2=NCc1cccc(Cl)c1)CNC(=O)C3. The molecule has 30 heavy (non-hydrogen) atoms. The molecule has 1 fully saturated rings. The third-order valence-electron chi connectivity index (χ3n) is 6.79. The van der Waals surface area contributed by atoms with Gasteiger partial charge in [-0.05, 0) is 79.9 Å². The van der Waals surface area contributed by atoms with Crippen molar-refractivity contribution in [3.05, 3.63) is 63.7 Å². The minimum Gasteiger partial charge on any atom is -0.352 e. The molecule has 2 aromatic rings. The summed E-state index contributed by atoms with van der Waals surface area (Å²) in [6.45, 7) is 3.37. The van der Waals surface area contributed by atoms with Crippen LogP contribution in [0.25, 0.3) is 0 Å². The molecule has 0 atom stereocenters. The molecule has 156 valence electrons. The number of amides is 1. The Kier molecular flexibility index (Phi) is 5.03. The minimum absolute atomic E-state index is 0.0310. The van der Waals surface area contributed by atoms with E-state index in [2.05, 4.69) is 40.8 Å². The summed E-state index contributed by atoms with van der Waals surface area (Å²) in [5.41, 5.74) is 5.98. The van der Waals surface area contributed by atoms with Crippen LogP contribution in [-0.4, -0.2) is 36.8 Å². The number of hydrogen-bond donors (Lipinski definition) is 2. The second-order valence-corrected chi connectivity index (χ2v) is 9.35. The molecule has 0 aromatic heterocycles. The standard InChI is InChI=1S/C24H27ClN4O/c1-29-7-5-24(6-8-29)13-18-10-17-12-22(30)26-15-19(17)11-21(18)28-23(24)27-14-16-3-2-4-20(25)9-16/h2-4,9-11H,5-8,12-15H2,1H3,(H,26,30)(H,27,28). The predicted octanol–water partition coefficient (Wildman–Crippen LogP) is 3.79. The minimum atomic E-state index is 0.0310. The third kappa shape index (κ3) is 3.72. The highest BCUT2D eigenvalue weighted by Crippen LogP contribution is 2.43. The van der Waals surface area contributed by atoms with Crippen molar-refractivity contribution in [2.24, 2.45) is 10.4 Å². The van der Waals surface area contributed by atoms with Crippen molar-refractivity contribution in [3.8, 4) is 0 Å². The summed E-state index contributed by atoms with van der Waals surface area (Å²) in [4.78, 5) is 19.3. The quantitative estimate of drug-likeness (QED) is 0.774. The molecule has 5 rings (SSSR count). The van der Waals surface area contributed by atoms with Crippen molar-refractivity contribution in [2.75, 3.05) is 25.5 Å². The second-order valence-electron chi connectivity index (χ2n) is 8.91. The Morgan fingerprint density at radius 3 is 2.77 bits per heavy atom. The van der Waals surface area contributed by atoms with E-state index in [0.29, 0.717) is 19.5 Å². The number of benzene rings is 2. The molecule has 0 unspecified atom stereocenters. The number of carbonyl (C=O) groups excluding carboxylic acids is 1. The number of fused-ring (bicyclic) bond motifs is 2. The third-order valence-corrected chi connectivity index (χ3v) is 7.02. The van der Waals surface area contributed by atoms with Gasteiger partial charge in [0.15, 0.2) is 0 Å². The van der Waals surface area contributed by atoms with E-state index < -0.39 is 0 Å². The molecule has 3 aliphatic heterocycles. The topological polar surface area (TPSA) is 56.7 Å². The fourth-order valence-corrected chi connectivity index (χ4v) is 5.16. The van der Waals surface area contributed by atoms with Gasteiger partial charge in [0.05, 0.1) is 13.0 Å². The summed E-state index contributed by atoms with van der Waals surface area (Å²) in [5, 5.41) is 7.41. The van der Waals surface area contributed by atoms with E-state index in [1.807, 2.05) is 18.2 Å². The summed E-state index contributed by atoms with van der Waals surface area (Å²) in [5.74, 6) is 1.21. The first-order valence-corrected chi connectivity index (χ1v) is 11.0. The lowest BCUT2D eigenvalue weighted by molar-refractivity contribution is -0.121. The van der Waals surface area contributed by atoms with Crippen LogP contribution < -0.4 is 10.6 Å². The van der Waals surface area contributed by atoms with Gasteiger partial charge >= 0.3 is 0 Å². The average molecular weight is 423 g/mol. The highest BCUT2D eigenvalue weighted by atomic mass is 35.5. The molecule has 0 aliphatic carbocycles. The van der Waals surface area contributed by atoms with Crippen LogP contribution in [0.3, 0.4) is 0 Å². The maximum atomic E-state index is 11.9. The lowest BCUT2D eigenvalue weighted by Gasteiger charge is -2.45. The number of nitrogens with zero attached hydrogens (tertiary/aromatic N) is 2. The van der Waals surface area contributed by atoms with Crippen LogP contribution in [0.4, 0.5) is 5.69 Å². The highest BCUT2D eigenvalue weighted by molar-refractivity contribution is 6.30. The molecule has 0 bridgehead atoms. The zero-order valence-electron chi connectivity index (χ0n) is 17.3. The first-order valence-electron chi connectivity index (χ1n) is 10.7. The van der Waals surface area contributed by atoms with Gasteiger partial charge in [-0.1, -0.05) is 29.8 Å². The van der Waals surface area contributed by atoms with Crippen LogP contribution in [0.2, 0.25) is 5.02 Å². The molecule has 5 nitrogen and oxygen atoms in total. The Balaban J connectivity index is 1.50. The Morgan fingerprint density at radius 1 is 1.13 bits per heavy atom. The van der Waals surface area contributed by atoms with Crippen LogP contribution in [0.5, 0.6) is 0 Å². The van der Waals surface area contributed by atoms with Crippen LogP contribution >= 0.6 is 11.6 Å². The predicted molar refractivity (Wildman–Crippen MR) is 121 cm³/mol. The van der Waals surface area contributed by atoms with Gasteiger partial charge in [-0.2, -0.15) is 0 Å². The molecule has 2 N–H and O–H groups in total. The van der Waals surface area contributed by atoms with Gasteiger partial charge in [-0.25, -0.2) is 0 Å². The van der Waals surface area contributed by atoms with Crippen molar-refractivity contribution in [1.29, 1.82) is 0 Å². The molecule has 0 saturated carbocycles. The molecule has 1 amide bonds. The molecule has 3 aliphatic rings. The molecular weight excluding hydrogens is 396 g/mol. The van der Waals surface area contributed by atoms with E-state index in [9.17, 15) is 4.79 Å². The van der Waals surface area contributed by atoms with E-state index >= 15 is 0 Å². The van der Waals surface area contributed by atoms with Gasteiger partial charge in [-0.3, -0.25) is 9.79 Å². The van der Waals surface area contributed by atoms with Crippen LogP contribution in [0.1, 0.15) is 35.1 Å². The highest BCUT2D eigenvalue weighted by Gasteiger charge is 2.42. The summed E-state index contributed by atoms with van der Waals surface area (Å²) in [6, 6.07) is 12.4. The fourth-order valence-electron chi connectivity index (χ4n) is 4.94. The number of halogens is 1. The number of aliphatic imine (C=N–C) groups is 1.